The number of ketones is 1. The average Bonchev–Trinajstić information content (AvgIpc) is 2.29. The van der Waals surface area contributed by atoms with Crippen molar-refractivity contribution in [3.05, 3.63) is 29.8 Å². The average molecular weight is 248 g/mol. The van der Waals surface area contributed by atoms with Crippen LogP contribution < -0.4 is 5.32 Å². The third kappa shape index (κ3) is 4.70. The first-order chi connectivity index (χ1) is 8.13. The molecule has 0 aromatic heterocycles. The molecule has 1 rings (SSSR count). The van der Waals surface area contributed by atoms with Gasteiger partial charge in [0.2, 0.25) is 5.91 Å². The van der Waals surface area contributed by atoms with E-state index < -0.39 is 0 Å². The fourth-order valence-corrected chi connectivity index (χ4v) is 1.76. The molecule has 0 saturated heterocycles. The predicted molar refractivity (Wildman–Crippen MR) is 68.0 cm³/mol. The van der Waals surface area contributed by atoms with Crippen molar-refractivity contribution in [1.29, 1.82) is 5.26 Å². The lowest BCUT2D eigenvalue weighted by Crippen LogP contribution is -2.07. The number of nitriles is 1. The Hall–Kier alpha value is -1.80. The Morgan fingerprint density at radius 1 is 1.35 bits per heavy atom. The zero-order valence-electron chi connectivity index (χ0n) is 9.40. The molecule has 0 saturated carbocycles. The Morgan fingerprint density at radius 3 is 2.53 bits per heavy atom. The van der Waals surface area contributed by atoms with E-state index in [1.54, 1.807) is 24.3 Å². The van der Waals surface area contributed by atoms with Crippen LogP contribution in [-0.4, -0.2) is 23.2 Å². The molecule has 0 aliphatic carbocycles. The molecule has 1 aromatic rings. The number of amides is 1. The van der Waals surface area contributed by atoms with E-state index in [2.05, 4.69) is 5.32 Å². The number of nitrogens with zero attached hydrogens (tertiary/aromatic N) is 1. The minimum atomic E-state index is -0.145. The van der Waals surface area contributed by atoms with Crippen molar-refractivity contribution in [3.8, 4) is 6.07 Å². The highest BCUT2D eigenvalue weighted by Gasteiger charge is 2.05. The summed E-state index contributed by atoms with van der Waals surface area (Å²) in [6.07, 6.45) is 0. The van der Waals surface area contributed by atoms with Crippen molar-refractivity contribution in [2.24, 2.45) is 0 Å². The molecule has 0 spiro atoms. The number of carbonyl (C=O) groups excluding carboxylic acids is 2. The van der Waals surface area contributed by atoms with Crippen LogP contribution in [0.25, 0.3) is 0 Å². The molecule has 0 aliphatic rings. The van der Waals surface area contributed by atoms with Crippen molar-refractivity contribution in [3.63, 3.8) is 0 Å². The summed E-state index contributed by atoms with van der Waals surface area (Å²) in [5, 5.41) is 11.0. The molecular weight excluding hydrogens is 236 g/mol. The third-order valence-corrected chi connectivity index (χ3v) is 2.73. The van der Waals surface area contributed by atoms with E-state index in [0.29, 0.717) is 22.8 Å². The lowest BCUT2D eigenvalue weighted by atomic mass is 10.1. The summed E-state index contributed by atoms with van der Waals surface area (Å²) in [4.78, 5) is 22.4. The fraction of sp³-hybridized carbons (Fsp3) is 0.250. The van der Waals surface area contributed by atoms with E-state index in [1.807, 2.05) is 6.07 Å². The number of rotatable bonds is 5. The summed E-state index contributed by atoms with van der Waals surface area (Å²) in [6.45, 7) is 1.43. The van der Waals surface area contributed by atoms with Gasteiger partial charge >= 0.3 is 0 Å². The molecule has 1 amide bonds. The molecule has 0 aliphatic heterocycles. The maximum Gasteiger partial charge on any atom is 0.221 e. The number of hydrogen-bond acceptors (Lipinski definition) is 4. The monoisotopic (exact) mass is 248 g/mol. The van der Waals surface area contributed by atoms with E-state index in [9.17, 15) is 9.59 Å². The molecule has 0 heterocycles. The highest BCUT2D eigenvalue weighted by atomic mass is 32.2. The summed E-state index contributed by atoms with van der Waals surface area (Å²) in [5.41, 5.74) is 1.25. The van der Waals surface area contributed by atoms with Crippen LogP contribution in [-0.2, 0) is 4.79 Å². The SMILES string of the molecule is CC(=O)Nc1ccc(C(=O)CSCC#N)cc1. The number of carbonyl (C=O) groups is 2. The van der Waals surface area contributed by atoms with Crippen LogP contribution in [0.2, 0.25) is 0 Å². The van der Waals surface area contributed by atoms with Gasteiger partial charge in [-0.3, -0.25) is 9.59 Å². The number of benzene rings is 1. The summed E-state index contributed by atoms with van der Waals surface area (Å²) in [6, 6.07) is 8.67. The Balaban J connectivity index is 2.58. The molecule has 0 radical (unpaired) electrons. The number of hydrogen-bond donors (Lipinski definition) is 1. The summed E-state index contributed by atoms with van der Waals surface area (Å²) in [7, 11) is 0. The highest BCUT2D eigenvalue weighted by Crippen LogP contribution is 2.12. The topological polar surface area (TPSA) is 70.0 Å². The van der Waals surface area contributed by atoms with Crippen LogP contribution >= 0.6 is 11.8 Å². The summed E-state index contributed by atoms with van der Waals surface area (Å²) < 4.78 is 0. The van der Waals surface area contributed by atoms with Gasteiger partial charge in [-0.05, 0) is 24.3 Å². The molecule has 0 bridgehead atoms. The van der Waals surface area contributed by atoms with Gasteiger partial charge in [-0.15, -0.1) is 11.8 Å². The maximum atomic E-state index is 11.6. The maximum absolute atomic E-state index is 11.6. The van der Waals surface area contributed by atoms with Gasteiger partial charge in [0, 0.05) is 18.2 Å². The molecule has 17 heavy (non-hydrogen) atoms. The van der Waals surface area contributed by atoms with Crippen LogP contribution in [0.15, 0.2) is 24.3 Å². The Labute approximate surface area is 104 Å². The Bertz CT molecular complexity index is 449. The van der Waals surface area contributed by atoms with Crippen LogP contribution in [0.5, 0.6) is 0 Å². The number of thioether (sulfide) groups is 1. The van der Waals surface area contributed by atoms with Gasteiger partial charge in [0.15, 0.2) is 5.78 Å². The van der Waals surface area contributed by atoms with E-state index in [0.717, 1.165) is 0 Å². The first-order valence-corrected chi connectivity index (χ1v) is 6.14. The van der Waals surface area contributed by atoms with Crippen molar-refractivity contribution in [2.45, 2.75) is 6.92 Å². The van der Waals surface area contributed by atoms with E-state index in [-0.39, 0.29) is 11.7 Å². The molecule has 0 fully saturated rings. The van der Waals surface area contributed by atoms with Crippen LogP contribution in [0.1, 0.15) is 17.3 Å². The first kappa shape index (κ1) is 13.3. The van der Waals surface area contributed by atoms with E-state index in [4.69, 9.17) is 5.26 Å². The Kier molecular flexibility index (Phi) is 5.24. The minimum Gasteiger partial charge on any atom is -0.326 e. The molecule has 0 atom stereocenters. The summed E-state index contributed by atoms with van der Waals surface area (Å²) >= 11 is 1.29. The lowest BCUT2D eigenvalue weighted by molar-refractivity contribution is -0.114. The van der Waals surface area contributed by atoms with Crippen molar-refractivity contribution >= 4 is 29.1 Å². The van der Waals surface area contributed by atoms with Crippen LogP contribution in [0, 0.1) is 11.3 Å². The number of nitrogens with one attached hydrogen (secondary N) is 1. The molecular formula is C12H12N2O2S. The molecule has 88 valence electrons. The van der Waals surface area contributed by atoms with Crippen molar-refractivity contribution in [1.82, 2.24) is 0 Å². The van der Waals surface area contributed by atoms with Crippen LogP contribution in [0.3, 0.4) is 0 Å². The Morgan fingerprint density at radius 2 is 2.00 bits per heavy atom. The second-order valence-corrected chi connectivity index (χ2v) is 4.32. The lowest BCUT2D eigenvalue weighted by Gasteiger charge is -2.03. The minimum absolute atomic E-state index is 0.0142. The fourth-order valence-electron chi connectivity index (χ4n) is 1.22. The normalized spacial score (nSPS) is 9.41. The molecule has 0 unspecified atom stereocenters. The third-order valence-electron chi connectivity index (χ3n) is 1.93. The number of Topliss-reactive ketones (excluding diaryl/α,β-unsaturated/α-hetero) is 1. The largest absolute Gasteiger partial charge is 0.326 e. The summed E-state index contributed by atoms with van der Waals surface area (Å²) in [5.74, 6) is 0.455. The standard InChI is InChI=1S/C12H12N2O2S/c1-9(15)14-11-4-2-10(3-5-11)12(16)8-17-7-6-13/h2-5H,7-8H2,1H3,(H,14,15). The van der Waals surface area contributed by atoms with Gasteiger partial charge in [-0.25, -0.2) is 0 Å². The second-order valence-electron chi connectivity index (χ2n) is 3.33. The predicted octanol–water partition coefficient (Wildman–Crippen LogP) is 2.08. The van der Waals surface area contributed by atoms with Gasteiger partial charge in [0.25, 0.3) is 0 Å². The second kappa shape index (κ2) is 6.71. The van der Waals surface area contributed by atoms with Crippen molar-refractivity contribution in [2.75, 3.05) is 16.8 Å². The first-order valence-electron chi connectivity index (χ1n) is 4.99. The quantitative estimate of drug-likeness (QED) is 0.639. The van der Waals surface area contributed by atoms with E-state index >= 15 is 0 Å². The van der Waals surface area contributed by atoms with Gasteiger partial charge < -0.3 is 5.32 Å². The molecule has 5 heteroatoms. The van der Waals surface area contributed by atoms with Gasteiger partial charge in [-0.1, -0.05) is 0 Å². The van der Waals surface area contributed by atoms with E-state index in [1.165, 1.54) is 18.7 Å². The number of anilines is 1. The van der Waals surface area contributed by atoms with Crippen molar-refractivity contribution < 1.29 is 9.59 Å². The zero-order valence-corrected chi connectivity index (χ0v) is 10.2. The molecule has 4 nitrogen and oxygen atoms in total. The highest BCUT2D eigenvalue weighted by molar-refractivity contribution is 8.00. The van der Waals surface area contributed by atoms with Crippen LogP contribution in [0.4, 0.5) is 5.69 Å². The smallest absolute Gasteiger partial charge is 0.221 e. The molecule has 1 N–H and O–H groups in total. The van der Waals surface area contributed by atoms with Gasteiger partial charge in [0.05, 0.1) is 17.6 Å². The molecule has 1 aromatic carbocycles. The zero-order chi connectivity index (χ0) is 12.7. The van der Waals surface area contributed by atoms with Gasteiger partial charge in [-0.2, -0.15) is 5.26 Å². The van der Waals surface area contributed by atoms with Gasteiger partial charge in [0.1, 0.15) is 0 Å².